The van der Waals surface area contributed by atoms with E-state index < -0.39 is 0 Å². The van der Waals surface area contributed by atoms with E-state index in [2.05, 4.69) is 10.3 Å². The standard InChI is InChI=1S/C18H23FN2OS/c1-12-15(9-13-5-7-14(19)8-6-13)23-17(21-12)11-20-16(22)10-18(2,3)4/h5-8H,9-11H2,1-4H3,(H,20,22). The van der Waals surface area contributed by atoms with E-state index in [4.69, 9.17) is 0 Å². The van der Waals surface area contributed by atoms with E-state index in [0.29, 0.717) is 13.0 Å². The molecule has 2 rings (SSSR count). The second-order valence-corrected chi connectivity index (χ2v) is 8.10. The molecule has 1 heterocycles. The predicted molar refractivity (Wildman–Crippen MR) is 92.0 cm³/mol. The van der Waals surface area contributed by atoms with Crippen molar-refractivity contribution >= 4 is 17.2 Å². The first-order chi connectivity index (χ1) is 10.7. The van der Waals surface area contributed by atoms with Crippen molar-refractivity contribution in [1.29, 1.82) is 0 Å². The van der Waals surface area contributed by atoms with Crippen LogP contribution < -0.4 is 5.32 Å². The van der Waals surface area contributed by atoms with E-state index in [1.165, 1.54) is 12.1 Å². The largest absolute Gasteiger partial charge is 0.350 e. The molecule has 0 saturated carbocycles. The molecule has 23 heavy (non-hydrogen) atoms. The topological polar surface area (TPSA) is 42.0 Å². The number of hydrogen-bond donors (Lipinski definition) is 1. The van der Waals surface area contributed by atoms with Crippen LogP contribution in [-0.2, 0) is 17.8 Å². The molecule has 1 amide bonds. The number of hydrogen-bond acceptors (Lipinski definition) is 3. The molecule has 124 valence electrons. The van der Waals surface area contributed by atoms with Gasteiger partial charge in [0.25, 0.3) is 0 Å². The van der Waals surface area contributed by atoms with Crippen molar-refractivity contribution < 1.29 is 9.18 Å². The summed E-state index contributed by atoms with van der Waals surface area (Å²) in [5.74, 6) is -0.178. The molecule has 2 aromatic rings. The quantitative estimate of drug-likeness (QED) is 0.889. The van der Waals surface area contributed by atoms with Crippen molar-refractivity contribution in [2.45, 2.75) is 47.1 Å². The van der Waals surface area contributed by atoms with Crippen molar-refractivity contribution in [3.05, 3.63) is 51.2 Å². The van der Waals surface area contributed by atoms with Gasteiger partial charge in [-0.15, -0.1) is 11.3 Å². The Morgan fingerprint density at radius 3 is 2.52 bits per heavy atom. The average molecular weight is 334 g/mol. The zero-order valence-corrected chi connectivity index (χ0v) is 14.9. The van der Waals surface area contributed by atoms with E-state index in [1.54, 1.807) is 23.5 Å². The van der Waals surface area contributed by atoms with Gasteiger partial charge in [0.05, 0.1) is 12.2 Å². The Hall–Kier alpha value is -1.75. The van der Waals surface area contributed by atoms with Crippen LogP contribution in [0.5, 0.6) is 0 Å². The monoisotopic (exact) mass is 334 g/mol. The number of rotatable bonds is 5. The highest BCUT2D eigenvalue weighted by atomic mass is 32.1. The lowest BCUT2D eigenvalue weighted by Gasteiger charge is -2.16. The third-order valence-corrected chi connectivity index (χ3v) is 4.50. The van der Waals surface area contributed by atoms with Gasteiger partial charge in [0.15, 0.2) is 0 Å². The highest BCUT2D eigenvalue weighted by molar-refractivity contribution is 7.11. The summed E-state index contributed by atoms with van der Waals surface area (Å²) in [6.07, 6.45) is 1.24. The van der Waals surface area contributed by atoms with Crippen molar-refractivity contribution in [3.8, 4) is 0 Å². The van der Waals surface area contributed by atoms with Crippen LogP contribution in [0.2, 0.25) is 0 Å². The Morgan fingerprint density at radius 2 is 1.91 bits per heavy atom. The van der Waals surface area contributed by atoms with Gasteiger partial charge in [-0.25, -0.2) is 9.37 Å². The lowest BCUT2D eigenvalue weighted by Crippen LogP contribution is -2.27. The molecule has 1 N–H and O–H groups in total. The SMILES string of the molecule is Cc1nc(CNC(=O)CC(C)(C)C)sc1Cc1ccc(F)cc1. The van der Waals surface area contributed by atoms with Gasteiger partial charge in [0, 0.05) is 17.7 Å². The van der Waals surface area contributed by atoms with Crippen molar-refractivity contribution in [1.82, 2.24) is 10.3 Å². The van der Waals surface area contributed by atoms with Crippen molar-refractivity contribution in [2.24, 2.45) is 5.41 Å². The molecule has 0 fully saturated rings. The highest BCUT2D eigenvalue weighted by Gasteiger charge is 2.16. The Kier molecular flexibility index (Phi) is 5.52. The minimum Gasteiger partial charge on any atom is -0.350 e. The molecule has 0 aliphatic carbocycles. The Morgan fingerprint density at radius 1 is 1.26 bits per heavy atom. The second kappa shape index (κ2) is 7.21. The number of aromatic nitrogens is 1. The van der Waals surface area contributed by atoms with E-state index in [-0.39, 0.29) is 17.1 Å². The van der Waals surface area contributed by atoms with Gasteiger partial charge in [-0.1, -0.05) is 32.9 Å². The summed E-state index contributed by atoms with van der Waals surface area (Å²) in [6, 6.07) is 6.53. The van der Waals surface area contributed by atoms with Gasteiger partial charge in [0.1, 0.15) is 10.8 Å². The fourth-order valence-corrected chi connectivity index (χ4v) is 3.28. The van der Waals surface area contributed by atoms with Crippen molar-refractivity contribution in [3.63, 3.8) is 0 Å². The third-order valence-electron chi connectivity index (χ3n) is 3.34. The summed E-state index contributed by atoms with van der Waals surface area (Å²) < 4.78 is 13.0. The molecule has 0 unspecified atom stereocenters. The number of carbonyl (C=O) groups is 1. The number of aryl methyl sites for hydroxylation is 1. The maximum Gasteiger partial charge on any atom is 0.220 e. The molecule has 0 aliphatic heterocycles. The average Bonchev–Trinajstić information content (AvgIpc) is 2.78. The van der Waals surface area contributed by atoms with Crippen LogP contribution in [0.4, 0.5) is 4.39 Å². The molecule has 1 aromatic heterocycles. The molecule has 0 spiro atoms. The Labute approximate surface area is 141 Å². The molecule has 0 bridgehead atoms. The maximum absolute atomic E-state index is 13.0. The molecule has 0 radical (unpaired) electrons. The van der Waals surface area contributed by atoms with Gasteiger partial charge >= 0.3 is 0 Å². The predicted octanol–water partition coefficient (Wildman–Crippen LogP) is 4.23. The molecular weight excluding hydrogens is 311 g/mol. The molecule has 0 aliphatic rings. The van der Waals surface area contributed by atoms with Crippen LogP contribution in [0, 0.1) is 18.2 Å². The number of halogens is 1. The second-order valence-electron chi connectivity index (χ2n) is 6.93. The minimum absolute atomic E-state index is 0.0172. The molecular formula is C18H23FN2OS. The van der Waals surface area contributed by atoms with Gasteiger partial charge in [-0.05, 0) is 30.0 Å². The minimum atomic E-state index is -0.225. The summed E-state index contributed by atoms with van der Waals surface area (Å²) >= 11 is 1.60. The van der Waals surface area contributed by atoms with Gasteiger partial charge < -0.3 is 5.32 Å². The van der Waals surface area contributed by atoms with Crippen LogP contribution in [0.25, 0.3) is 0 Å². The zero-order valence-electron chi connectivity index (χ0n) is 14.1. The van der Waals surface area contributed by atoms with Crippen LogP contribution in [0.15, 0.2) is 24.3 Å². The van der Waals surface area contributed by atoms with E-state index in [9.17, 15) is 9.18 Å². The highest BCUT2D eigenvalue weighted by Crippen LogP contribution is 2.22. The summed E-state index contributed by atoms with van der Waals surface area (Å²) in [6.45, 7) is 8.56. The first kappa shape index (κ1) is 17.6. The molecule has 5 heteroatoms. The normalized spacial score (nSPS) is 11.5. The molecule has 1 aromatic carbocycles. The van der Waals surface area contributed by atoms with Crippen LogP contribution in [-0.4, -0.2) is 10.9 Å². The number of nitrogens with zero attached hydrogens (tertiary/aromatic N) is 1. The lowest BCUT2D eigenvalue weighted by atomic mass is 9.92. The van der Waals surface area contributed by atoms with Crippen LogP contribution in [0.3, 0.4) is 0 Å². The lowest BCUT2D eigenvalue weighted by molar-refractivity contribution is -0.122. The first-order valence-corrected chi connectivity index (χ1v) is 8.51. The van der Waals surface area contributed by atoms with Gasteiger partial charge in [-0.3, -0.25) is 4.79 Å². The number of nitrogens with one attached hydrogen (secondary N) is 1. The fourth-order valence-electron chi connectivity index (χ4n) is 2.23. The Bertz CT molecular complexity index is 671. The van der Waals surface area contributed by atoms with E-state index in [0.717, 1.165) is 27.6 Å². The number of benzene rings is 1. The zero-order chi connectivity index (χ0) is 17.0. The number of thiazole rings is 1. The smallest absolute Gasteiger partial charge is 0.220 e. The van der Waals surface area contributed by atoms with E-state index >= 15 is 0 Å². The van der Waals surface area contributed by atoms with Crippen LogP contribution >= 0.6 is 11.3 Å². The third kappa shape index (κ3) is 5.75. The molecule has 0 saturated heterocycles. The molecule has 3 nitrogen and oxygen atoms in total. The summed E-state index contributed by atoms with van der Waals surface area (Å²) in [7, 11) is 0. The summed E-state index contributed by atoms with van der Waals surface area (Å²) in [5, 5.41) is 3.83. The Balaban J connectivity index is 1.95. The summed E-state index contributed by atoms with van der Waals surface area (Å²) in [5.41, 5.74) is 2.01. The van der Waals surface area contributed by atoms with Gasteiger partial charge in [-0.2, -0.15) is 0 Å². The van der Waals surface area contributed by atoms with Gasteiger partial charge in [0.2, 0.25) is 5.91 Å². The maximum atomic E-state index is 13.0. The van der Waals surface area contributed by atoms with Crippen molar-refractivity contribution in [2.75, 3.05) is 0 Å². The number of amides is 1. The fraction of sp³-hybridized carbons (Fsp3) is 0.444. The van der Waals surface area contributed by atoms with E-state index in [1.807, 2.05) is 27.7 Å². The molecule has 0 atom stereocenters. The number of carbonyl (C=O) groups excluding carboxylic acids is 1. The first-order valence-electron chi connectivity index (χ1n) is 7.69. The van der Waals surface area contributed by atoms with Crippen LogP contribution in [0.1, 0.15) is 48.3 Å². The summed E-state index contributed by atoms with van der Waals surface area (Å²) in [4.78, 5) is 17.5.